The average Bonchev–Trinajstić information content (AvgIpc) is 2.78. The van der Waals surface area contributed by atoms with Crippen LogP contribution in [-0.4, -0.2) is 40.4 Å². The summed E-state index contributed by atoms with van der Waals surface area (Å²) in [6.07, 6.45) is 3.30. The van der Waals surface area contributed by atoms with Crippen LogP contribution in [0.3, 0.4) is 0 Å². The number of benzene rings is 1. The summed E-state index contributed by atoms with van der Waals surface area (Å²) in [6.45, 7) is 6.88. The molecular formula is C17H17BrIN3O2. The highest BCUT2D eigenvalue weighted by Crippen LogP contribution is 2.29. The maximum atomic E-state index is 12.3. The maximum absolute atomic E-state index is 12.3. The van der Waals surface area contributed by atoms with Crippen molar-refractivity contribution in [2.75, 3.05) is 13.1 Å². The lowest BCUT2D eigenvalue weighted by molar-refractivity contribution is -0.133. The Kier molecular flexibility index (Phi) is 5.00. The fraction of sp³-hybridized carbons (Fsp3) is 0.294. The van der Waals surface area contributed by atoms with Gasteiger partial charge >= 0.3 is 0 Å². The molecule has 7 heteroatoms. The molecule has 0 aliphatic carbocycles. The third-order valence-corrected chi connectivity index (χ3v) is 5.44. The lowest BCUT2D eigenvalue weighted by Gasteiger charge is -2.38. The molecule has 1 fully saturated rings. The lowest BCUT2D eigenvalue weighted by atomic mass is 10.1. The minimum absolute atomic E-state index is 0.0255. The Morgan fingerprint density at radius 2 is 2.17 bits per heavy atom. The van der Waals surface area contributed by atoms with Crippen LogP contribution in [0, 0.1) is 10.5 Å². The normalized spacial score (nSPS) is 14.5. The molecule has 1 saturated heterocycles. The Bertz CT molecular complexity index is 840. The minimum atomic E-state index is -0.0901. The molecule has 0 unspecified atom stereocenters. The van der Waals surface area contributed by atoms with E-state index in [4.69, 9.17) is 0 Å². The number of nitrogens with one attached hydrogen (secondary N) is 1. The molecule has 1 N–H and O–H groups in total. The second-order valence-corrected chi connectivity index (χ2v) is 8.01. The Hall–Kier alpha value is -1.35. The van der Waals surface area contributed by atoms with Gasteiger partial charge in [0, 0.05) is 32.7 Å². The number of fused-ring (bicyclic) bond motifs is 1. The SMILES string of the molecule is C=CC(=O)N1CC(NC(=O)Cn2cc(I)c3cc(Br)cc(C)c32)C1. The summed E-state index contributed by atoms with van der Waals surface area (Å²) in [5.41, 5.74) is 2.20. The topological polar surface area (TPSA) is 54.3 Å². The van der Waals surface area contributed by atoms with Crippen LogP contribution < -0.4 is 5.32 Å². The van der Waals surface area contributed by atoms with Gasteiger partial charge in [0.05, 0.1) is 11.6 Å². The molecule has 0 bridgehead atoms. The zero-order chi connectivity index (χ0) is 17.4. The molecule has 0 atom stereocenters. The summed E-state index contributed by atoms with van der Waals surface area (Å²) in [5.74, 6) is -0.131. The summed E-state index contributed by atoms with van der Waals surface area (Å²) in [4.78, 5) is 25.4. The van der Waals surface area contributed by atoms with Crippen LogP contribution in [0.4, 0.5) is 0 Å². The van der Waals surface area contributed by atoms with Crippen molar-refractivity contribution >= 4 is 61.2 Å². The van der Waals surface area contributed by atoms with Crippen LogP contribution in [0.2, 0.25) is 0 Å². The lowest BCUT2D eigenvalue weighted by Crippen LogP contribution is -2.61. The Labute approximate surface area is 162 Å². The first-order valence-corrected chi connectivity index (χ1v) is 9.41. The van der Waals surface area contributed by atoms with Crippen molar-refractivity contribution in [3.05, 3.63) is 44.6 Å². The molecule has 3 rings (SSSR count). The second kappa shape index (κ2) is 6.87. The van der Waals surface area contributed by atoms with E-state index in [9.17, 15) is 9.59 Å². The number of carbonyl (C=O) groups is 2. The van der Waals surface area contributed by atoms with Gasteiger partial charge in [-0.1, -0.05) is 22.5 Å². The first-order valence-electron chi connectivity index (χ1n) is 7.54. The van der Waals surface area contributed by atoms with E-state index in [2.05, 4.69) is 62.5 Å². The van der Waals surface area contributed by atoms with Crippen molar-refractivity contribution in [1.29, 1.82) is 0 Å². The van der Waals surface area contributed by atoms with E-state index in [1.807, 2.05) is 17.7 Å². The van der Waals surface area contributed by atoms with Crippen LogP contribution in [0.15, 0.2) is 35.5 Å². The second-order valence-electron chi connectivity index (χ2n) is 5.94. The summed E-state index contributed by atoms with van der Waals surface area (Å²) >= 11 is 5.81. The van der Waals surface area contributed by atoms with E-state index in [1.54, 1.807) is 4.90 Å². The number of rotatable bonds is 4. The number of aromatic nitrogens is 1. The number of hydrogen-bond acceptors (Lipinski definition) is 2. The number of amides is 2. The molecule has 1 aliphatic heterocycles. The number of likely N-dealkylation sites (tertiary alicyclic amines) is 1. The van der Waals surface area contributed by atoms with E-state index < -0.39 is 0 Å². The van der Waals surface area contributed by atoms with Gasteiger partial charge in [-0.2, -0.15) is 0 Å². The van der Waals surface area contributed by atoms with Gasteiger partial charge in [0.1, 0.15) is 6.54 Å². The standard InChI is InChI=1S/C17H17BrIN3O2/c1-3-16(24)21-6-12(7-21)20-15(23)9-22-8-14(19)13-5-11(18)4-10(2)17(13)22/h3-5,8,12H,1,6-7,9H2,2H3,(H,20,23). The molecule has 2 amide bonds. The van der Waals surface area contributed by atoms with E-state index >= 15 is 0 Å². The van der Waals surface area contributed by atoms with Gasteiger partial charge < -0.3 is 14.8 Å². The number of carbonyl (C=O) groups excluding carboxylic acids is 2. The molecule has 126 valence electrons. The van der Waals surface area contributed by atoms with Crippen LogP contribution >= 0.6 is 38.5 Å². The first-order chi connectivity index (χ1) is 11.4. The molecule has 5 nitrogen and oxygen atoms in total. The maximum Gasteiger partial charge on any atom is 0.246 e. The number of nitrogens with zero attached hydrogens (tertiary/aromatic N) is 2. The molecule has 1 aliphatic rings. The quantitative estimate of drug-likeness (QED) is 0.517. The Morgan fingerprint density at radius 3 is 2.83 bits per heavy atom. The molecule has 1 aromatic carbocycles. The van der Waals surface area contributed by atoms with Gasteiger partial charge in [0.15, 0.2) is 0 Å². The van der Waals surface area contributed by atoms with Crippen LogP contribution in [0.5, 0.6) is 0 Å². The van der Waals surface area contributed by atoms with E-state index in [0.717, 1.165) is 24.5 Å². The monoisotopic (exact) mass is 501 g/mol. The fourth-order valence-electron chi connectivity index (χ4n) is 3.00. The van der Waals surface area contributed by atoms with E-state index in [1.165, 1.54) is 6.08 Å². The van der Waals surface area contributed by atoms with Crippen molar-refractivity contribution in [2.24, 2.45) is 0 Å². The van der Waals surface area contributed by atoms with Gasteiger partial charge in [-0.3, -0.25) is 9.59 Å². The highest BCUT2D eigenvalue weighted by atomic mass is 127. The predicted molar refractivity (Wildman–Crippen MR) is 106 cm³/mol. The average molecular weight is 502 g/mol. The molecule has 0 saturated carbocycles. The van der Waals surface area contributed by atoms with Gasteiger partial charge in [-0.15, -0.1) is 0 Å². The summed E-state index contributed by atoms with van der Waals surface area (Å²) in [5, 5.41) is 4.12. The summed E-state index contributed by atoms with van der Waals surface area (Å²) < 4.78 is 4.14. The summed E-state index contributed by atoms with van der Waals surface area (Å²) in [7, 11) is 0. The van der Waals surface area contributed by atoms with Crippen molar-refractivity contribution in [3.8, 4) is 0 Å². The molecule has 24 heavy (non-hydrogen) atoms. The van der Waals surface area contributed by atoms with Crippen molar-refractivity contribution in [3.63, 3.8) is 0 Å². The Morgan fingerprint density at radius 1 is 1.46 bits per heavy atom. The number of aryl methyl sites for hydroxylation is 1. The van der Waals surface area contributed by atoms with Crippen molar-refractivity contribution < 1.29 is 9.59 Å². The highest BCUT2D eigenvalue weighted by molar-refractivity contribution is 14.1. The highest BCUT2D eigenvalue weighted by Gasteiger charge is 2.30. The third kappa shape index (κ3) is 3.37. The van der Waals surface area contributed by atoms with E-state index in [0.29, 0.717) is 13.1 Å². The van der Waals surface area contributed by atoms with Gasteiger partial charge in [-0.25, -0.2) is 0 Å². The molecule has 0 spiro atoms. The van der Waals surface area contributed by atoms with Crippen LogP contribution in [-0.2, 0) is 16.1 Å². The molecule has 2 aromatic rings. The largest absolute Gasteiger partial charge is 0.348 e. The molecule has 1 aromatic heterocycles. The zero-order valence-corrected chi connectivity index (χ0v) is 16.9. The van der Waals surface area contributed by atoms with Crippen molar-refractivity contribution in [2.45, 2.75) is 19.5 Å². The van der Waals surface area contributed by atoms with Gasteiger partial charge in [-0.05, 0) is 53.3 Å². The smallest absolute Gasteiger partial charge is 0.246 e. The van der Waals surface area contributed by atoms with Gasteiger partial charge in [0.25, 0.3) is 0 Å². The van der Waals surface area contributed by atoms with Crippen molar-refractivity contribution in [1.82, 2.24) is 14.8 Å². The minimum Gasteiger partial charge on any atom is -0.348 e. The van der Waals surface area contributed by atoms with Gasteiger partial charge in [0.2, 0.25) is 11.8 Å². The summed E-state index contributed by atoms with van der Waals surface area (Å²) in [6, 6.07) is 4.15. The first kappa shape index (κ1) is 17.5. The van der Waals surface area contributed by atoms with Crippen LogP contribution in [0.1, 0.15) is 5.56 Å². The fourth-order valence-corrected chi connectivity index (χ4v) is 4.32. The zero-order valence-electron chi connectivity index (χ0n) is 13.2. The number of hydrogen-bond donors (Lipinski definition) is 1. The molecular weight excluding hydrogens is 485 g/mol. The molecule has 2 heterocycles. The Balaban J connectivity index is 1.69. The van der Waals surface area contributed by atoms with E-state index in [-0.39, 0.29) is 24.4 Å². The number of halogens is 2. The van der Waals surface area contributed by atoms with Crippen LogP contribution in [0.25, 0.3) is 10.9 Å². The predicted octanol–water partition coefficient (Wildman–Crippen LogP) is 2.83. The molecule has 0 radical (unpaired) electrons. The third-order valence-electron chi connectivity index (χ3n) is 4.13.